The van der Waals surface area contributed by atoms with E-state index < -0.39 is 41.0 Å². The van der Waals surface area contributed by atoms with Gasteiger partial charge in [0, 0.05) is 50.2 Å². The summed E-state index contributed by atoms with van der Waals surface area (Å²) >= 11 is 0. The molecule has 1 aliphatic rings. The molecule has 2 heterocycles. The Bertz CT molecular complexity index is 1350. The molecule has 12 heteroatoms. The highest BCUT2D eigenvalue weighted by molar-refractivity contribution is 5.95. The highest BCUT2D eigenvalue weighted by atomic mass is 35.5. The summed E-state index contributed by atoms with van der Waals surface area (Å²) in [6.45, 7) is 5.46. The zero-order valence-corrected chi connectivity index (χ0v) is 24.5. The van der Waals surface area contributed by atoms with E-state index in [0.29, 0.717) is 38.2 Å². The SMILES string of the molecule is Cc1ccc(C[C@@H]2CN(C/C=C\c3cccnc3)CCN2C(=O)c2cc(C(F)(F)F)cc(C(F)(F)F)c2)cc1C.Cl.Cl. The second kappa shape index (κ2) is 14.4. The fraction of sp³-hybridized carbons (Fsp3) is 0.333. The first kappa shape index (κ1) is 35.1. The maximum atomic E-state index is 13.5. The highest BCUT2D eigenvalue weighted by Gasteiger charge is 2.39. The third kappa shape index (κ3) is 8.96. The number of nitrogens with zero attached hydrogens (tertiary/aromatic N) is 3. The third-order valence-electron chi connectivity index (χ3n) is 7.06. The van der Waals surface area contributed by atoms with E-state index in [0.717, 1.165) is 22.3 Å². The molecular weight excluding hydrogens is 603 g/mol. The summed E-state index contributed by atoms with van der Waals surface area (Å²) in [6.07, 6.45) is -2.38. The standard InChI is InChI=1S/C30H29F6N3O.2ClH/c1-20-7-8-23(13-21(20)2)14-27-19-38(10-4-6-22-5-3-9-37-18-22)11-12-39(27)28(40)24-15-25(29(31,32)33)17-26(16-24)30(34,35)36;;/h3-9,13,15-18,27H,10-12,14,19H2,1-2H3;2*1H/b6-4-;;/t27-;;/m1../s1. The van der Waals surface area contributed by atoms with Crippen molar-refractivity contribution in [2.24, 2.45) is 0 Å². The number of carbonyl (C=O) groups excluding carboxylic acids is 1. The summed E-state index contributed by atoms with van der Waals surface area (Å²) in [4.78, 5) is 21.1. The minimum Gasteiger partial charge on any atom is -0.333 e. The van der Waals surface area contributed by atoms with E-state index >= 15 is 0 Å². The van der Waals surface area contributed by atoms with E-state index in [4.69, 9.17) is 0 Å². The van der Waals surface area contributed by atoms with Crippen molar-refractivity contribution in [2.45, 2.75) is 38.7 Å². The molecule has 2 aromatic carbocycles. The molecule has 1 aliphatic heterocycles. The summed E-state index contributed by atoms with van der Waals surface area (Å²) in [7, 11) is 0. The third-order valence-corrected chi connectivity index (χ3v) is 7.06. The van der Waals surface area contributed by atoms with Crippen LogP contribution in [0.4, 0.5) is 26.3 Å². The van der Waals surface area contributed by atoms with Gasteiger partial charge in [0.05, 0.1) is 11.1 Å². The van der Waals surface area contributed by atoms with Gasteiger partial charge in [-0.1, -0.05) is 36.4 Å². The Kier molecular flexibility index (Phi) is 12.0. The number of aryl methyl sites for hydroxylation is 2. The van der Waals surface area contributed by atoms with Crippen molar-refractivity contribution in [2.75, 3.05) is 26.2 Å². The lowest BCUT2D eigenvalue weighted by Gasteiger charge is -2.41. The van der Waals surface area contributed by atoms with E-state index in [9.17, 15) is 31.1 Å². The molecule has 228 valence electrons. The number of pyridine rings is 1. The van der Waals surface area contributed by atoms with Crippen LogP contribution >= 0.6 is 24.8 Å². The van der Waals surface area contributed by atoms with E-state index in [-0.39, 0.29) is 37.4 Å². The van der Waals surface area contributed by atoms with Crippen LogP contribution in [-0.4, -0.2) is 52.9 Å². The molecule has 1 atom stereocenters. The number of amides is 1. The predicted octanol–water partition coefficient (Wildman–Crippen LogP) is 7.66. The van der Waals surface area contributed by atoms with Gasteiger partial charge in [0.2, 0.25) is 0 Å². The van der Waals surface area contributed by atoms with Crippen molar-refractivity contribution in [1.82, 2.24) is 14.8 Å². The molecule has 1 saturated heterocycles. The quantitative estimate of drug-likeness (QED) is 0.262. The average molecular weight is 634 g/mol. The Labute approximate surface area is 253 Å². The molecule has 0 bridgehead atoms. The van der Waals surface area contributed by atoms with Crippen LogP contribution < -0.4 is 0 Å². The van der Waals surface area contributed by atoms with Gasteiger partial charge in [0.25, 0.3) is 5.91 Å². The van der Waals surface area contributed by atoms with Gasteiger partial charge in [-0.05, 0) is 66.8 Å². The van der Waals surface area contributed by atoms with Crippen LogP contribution in [0.15, 0.2) is 67.0 Å². The zero-order chi connectivity index (χ0) is 29.1. The molecule has 0 N–H and O–H groups in total. The van der Waals surface area contributed by atoms with Crippen LogP contribution in [0.1, 0.15) is 43.7 Å². The Morgan fingerprint density at radius 1 is 0.929 bits per heavy atom. The monoisotopic (exact) mass is 633 g/mol. The molecule has 0 radical (unpaired) electrons. The van der Waals surface area contributed by atoms with Crippen LogP contribution in [0.3, 0.4) is 0 Å². The second-order valence-electron chi connectivity index (χ2n) is 10.0. The van der Waals surface area contributed by atoms with E-state index in [2.05, 4.69) is 9.88 Å². The molecule has 1 amide bonds. The number of benzene rings is 2. The zero-order valence-electron chi connectivity index (χ0n) is 22.9. The molecule has 0 unspecified atom stereocenters. The normalized spacial score (nSPS) is 16.2. The number of hydrogen-bond donors (Lipinski definition) is 0. The number of aromatic nitrogens is 1. The number of halogens is 8. The first-order chi connectivity index (χ1) is 18.8. The summed E-state index contributed by atoms with van der Waals surface area (Å²) in [5.74, 6) is -0.851. The highest BCUT2D eigenvalue weighted by Crippen LogP contribution is 2.37. The van der Waals surface area contributed by atoms with E-state index in [1.165, 1.54) is 4.90 Å². The van der Waals surface area contributed by atoms with Gasteiger partial charge in [-0.15, -0.1) is 24.8 Å². The van der Waals surface area contributed by atoms with Crippen molar-refractivity contribution in [1.29, 1.82) is 0 Å². The lowest BCUT2D eigenvalue weighted by Crippen LogP contribution is -2.56. The molecule has 3 aromatic rings. The average Bonchev–Trinajstić information content (AvgIpc) is 2.90. The number of carbonyl (C=O) groups is 1. The topological polar surface area (TPSA) is 36.4 Å². The Morgan fingerprint density at radius 3 is 2.17 bits per heavy atom. The molecule has 0 aliphatic carbocycles. The largest absolute Gasteiger partial charge is 0.416 e. The Morgan fingerprint density at radius 2 is 1.60 bits per heavy atom. The van der Waals surface area contributed by atoms with Gasteiger partial charge >= 0.3 is 12.4 Å². The van der Waals surface area contributed by atoms with Crippen LogP contribution in [0.2, 0.25) is 0 Å². The maximum Gasteiger partial charge on any atom is 0.416 e. The summed E-state index contributed by atoms with van der Waals surface area (Å²) in [5, 5.41) is 0. The molecular formula is C30H31Cl2F6N3O. The smallest absolute Gasteiger partial charge is 0.333 e. The van der Waals surface area contributed by atoms with Crippen LogP contribution in [0, 0.1) is 13.8 Å². The molecule has 42 heavy (non-hydrogen) atoms. The fourth-order valence-electron chi connectivity index (χ4n) is 4.79. The summed E-state index contributed by atoms with van der Waals surface area (Å²) in [5.41, 5.74) is 0.358. The van der Waals surface area contributed by atoms with Gasteiger partial charge < -0.3 is 4.90 Å². The minimum atomic E-state index is -5.03. The first-order valence-electron chi connectivity index (χ1n) is 12.8. The van der Waals surface area contributed by atoms with Crippen molar-refractivity contribution >= 4 is 36.8 Å². The predicted molar refractivity (Wildman–Crippen MR) is 155 cm³/mol. The van der Waals surface area contributed by atoms with Crippen LogP contribution in [-0.2, 0) is 18.8 Å². The van der Waals surface area contributed by atoms with Gasteiger partial charge in [-0.2, -0.15) is 26.3 Å². The van der Waals surface area contributed by atoms with Crippen molar-refractivity contribution < 1.29 is 31.1 Å². The molecule has 4 rings (SSSR count). The fourth-order valence-corrected chi connectivity index (χ4v) is 4.79. The van der Waals surface area contributed by atoms with Crippen molar-refractivity contribution in [3.05, 3.63) is 106 Å². The molecule has 0 spiro atoms. The molecule has 1 fully saturated rings. The summed E-state index contributed by atoms with van der Waals surface area (Å²) < 4.78 is 80.8. The van der Waals surface area contributed by atoms with Gasteiger partial charge in [0.15, 0.2) is 0 Å². The van der Waals surface area contributed by atoms with E-state index in [1.54, 1.807) is 12.4 Å². The Balaban J connectivity index is 0.00000308. The molecule has 1 aromatic heterocycles. The van der Waals surface area contributed by atoms with E-state index in [1.807, 2.05) is 56.3 Å². The van der Waals surface area contributed by atoms with Gasteiger partial charge in [-0.25, -0.2) is 0 Å². The lowest BCUT2D eigenvalue weighted by atomic mass is 9.97. The number of piperazine rings is 1. The number of alkyl halides is 6. The maximum absolute atomic E-state index is 13.5. The summed E-state index contributed by atoms with van der Waals surface area (Å²) in [6, 6.07) is 10.2. The first-order valence-corrected chi connectivity index (χ1v) is 12.8. The van der Waals surface area contributed by atoms with Gasteiger partial charge in [0.1, 0.15) is 0 Å². The van der Waals surface area contributed by atoms with Crippen molar-refractivity contribution in [3.63, 3.8) is 0 Å². The lowest BCUT2D eigenvalue weighted by molar-refractivity contribution is -0.143. The Hall–Kier alpha value is -3.08. The molecule has 4 nitrogen and oxygen atoms in total. The second-order valence-corrected chi connectivity index (χ2v) is 10.0. The van der Waals surface area contributed by atoms with Gasteiger partial charge in [-0.3, -0.25) is 14.7 Å². The van der Waals surface area contributed by atoms with Crippen LogP contribution in [0.5, 0.6) is 0 Å². The van der Waals surface area contributed by atoms with Crippen molar-refractivity contribution in [3.8, 4) is 0 Å². The number of hydrogen-bond acceptors (Lipinski definition) is 3. The molecule has 0 saturated carbocycles. The number of rotatable bonds is 6. The minimum absolute atomic E-state index is 0. The van der Waals surface area contributed by atoms with Crippen LogP contribution in [0.25, 0.3) is 6.08 Å².